The topological polar surface area (TPSA) is 76.0 Å². The smallest absolute Gasteiger partial charge is 0.271 e. The van der Waals surface area contributed by atoms with Crippen LogP contribution >= 0.6 is 11.6 Å². The number of nitrogens with one attached hydrogen (secondary N) is 2. The van der Waals surface area contributed by atoms with Crippen LogP contribution in [0.2, 0.25) is 5.02 Å². The van der Waals surface area contributed by atoms with Gasteiger partial charge in [-0.15, -0.1) is 0 Å². The highest BCUT2D eigenvalue weighted by Crippen LogP contribution is 2.15. The van der Waals surface area contributed by atoms with E-state index in [-0.39, 0.29) is 17.5 Å². The molecular weight excluding hydrogens is 364 g/mol. The van der Waals surface area contributed by atoms with Crippen LogP contribution in [0.15, 0.2) is 60.7 Å². The number of hydrogen-bond donors (Lipinski definition) is 2. The van der Waals surface area contributed by atoms with Gasteiger partial charge >= 0.3 is 0 Å². The third-order valence-electron chi connectivity index (χ3n) is 4.03. The Bertz CT molecular complexity index is 954. The number of halogens is 1. The Hall–Kier alpha value is -3.12. The van der Waals surface area contributed by atoms with Crippen molar-refractivity contribution in [1.82, 2.24) is 15.1 Å². The monoisotopic (exact) mass is 382 g/mol. The number of benzene rings is 2. The van der Waals surface area contributed by atoms with E-state index in [4.69, 9.17) is 11.6 Å². The SMILES string of the molecule is Cn1nc(C(=O)NCCc2ccccc2Cl)cc1NC(=O)c1ccccc1. The van der Waals surface area contributed by atoms with E-state index >= 15 is 0 Å². The van der Waals surface area contributed by atoms with Crippen molar-refractivity contribution in [1.29, 1.82) is 0 Å². The van der Waals surface area contributed by atoms with Gasteiger partial charge in [-0.1, -0.05) is 48.0 Å². The van der Waals surface area contributed by atoms with Gasteiger partial charge in [-0.2, -0.15) is 5.10 Å². The second kappa shape index (κ2) is 8.51. The molecular formula is C20H19ClN4O2. The lowest BCUT2D eigenvalue weighted by atomic mass is 10.1. The van der Waals surface area contributed by atoms with Crippen molar-refractivity contribution in [3.8, 4) is 0 Å². The van der Waals surface area contributed by atoms with Crippen molar-refractivity contribution < 1.29 is 9.59 Å². The second-order valence-electron chi connectivity index (χ2n) is 5.96. The van der Waals surface area contributed by atoms with Crippen LogP contribution in [0.1, 0.15) is 26.4 Å². The molecule has 3 rings (SSSR count). The van der Waals surface area contributed by atoms with E-state index in [9.17, 15) is 9.59 Å². The van der Waals surface area contributed by atoms with E-state index in [2.05, 4.69) is 15.7 Å². The van der Waals surface area contributed by atoms with Gasteiger partial charge in [0.25, 0.3) is 11.8 Å². The number of aryl methyl sites for hydroxylation is 1. The summed E-state index contributed by atoms with van der Waals surface area (Å²) in [5.74, 6) is -0.123. The number of hydrogen-bond acceptors (Lipinski definition) is 3. The molecule has 0 bridgehead atoms. The van der Waals surface area contributed by atoms with Crippen LogP contribution < -0.4 is 10.6 Å². The second-order valence-corrected chi connectivity index (χ2v) is 6.36. The van der Waals surface area contributed by atoms with Crippen molar-refractivity contribution >= 4 is 29.2 Å². The molecule has 138 valence electrons. The van der Waals surface area contributed by atoms with E-state index in [1.54, 1.807) is 37.4 Å². The third kappa shape index (κ3) is 4.74. The van der Waals surface area contributed by atoms with E-state index in [1.165, 1.54) is 4.68 Å². The van der Waals surface area contributed by atoms with Gasteiger partial charge < -0.3 is 10.6 Å². The number of amides is 2. The molecule has 0 fully saturated rings. The number of anilines is 1. The Labute approximate surface area is 162 Å². The first kappa shape index (κ1) is 18.7. The maximum atomic E-state index is 12.3. The predicted molar refractivity (Wildman–Crippen MR) is 105 cm³/mol. The minimum atomic E-state index is -0.308. The Balaban J connectivity index is 1.59. The fourth-order valence-corrected chi connectivity index (χ4v) is 2.81. The molecule has 1 heterocycles. The summed E-state index contributed by atoms with van der Waals surface area (Å²) in [6.07, 6.45) is 0.621. The molecule has 0 radical (unpaired) electrons. The minimum Gasteiger partial charge on any atom is -0.350 e. The lowest BCUT2D eigenvalue weighted by Gasteiger charge is -2.05. The zero-order valence-electron chi connectivity index (χ0n) is 14.8. The average molecular weight is 383 g/mol. The molecule has 1 aromatic heterocycles. The number of aromatic nitrogens is 2. The molecule has 0 aliphatic rings. The molecule has 0 atom stereocenters. The van der Waals surface area contributed by atoms with Gasteiger partial charge in [0.2, 0.25) is 0 Å². The molecule has 2 amide bonds. The van der Waals surface area contributed by atoms with Gasteiger partial charge in [-0.3, -0.25) is 14.3 Å². The van der Waals surface area contributed by atoms with E-state index in [1.807, 2.05) is 30.3 Å². The molecule has 0 saturated carbocycles. The lowest BCUT2D eigenvalue weighted by molar-refractivity contribution is 0.0947. The predicted octanol–water partition coefficient (Wildman–Crippen LogP) is 3.30. The molecule has 6 nitrogen and oxygen atoms in total. The quantitative estimate of drug-likeness (QED) is 0.686. The summed E-state index contributed by atoms with van der Waals surface area (Å²) in [6.45, 7) is 0.435. The Kier molecular flexibility index (Phi) is 5.88. The third-order valence-corrected chi connectivity index (χ3v) is 4.40. The van der Waals surface area contributed by atoms with Gasteiger partial charge in [-0.25, -0.2) is 0 Å². The van der Waals surface area contributed by atoms with E-state index in [0.29, 0.717) is 29.4 Å². The number of carbonyl (C=O) groups excluding carboxylic acids is 2. The minimum absolute atomic E-state index is 0.236. The largest absolute Gasteiger partial charge is 0.350 e. The maximum Gasteiger partial charge on any atom is 0.271 e. The summed E-state index contributed by atoms with van der Waals surface area (Å²) in [6, 6.07) is 17.9. The Morgan fingerprint density at radius 3 is 2.48 bits per heavy atom. The first-order valence-corrected chi connectivity index (χ1v) is 8.84. The van der Waals surface area contributed by atoms with Crippen molar-refractivity contribution in [3.63, 3.8) is 0 Å². The molecule has 2 aromatic carbocycles. The molecule has 0 saturated heterocycles. The molecule has 0 spiro atoms. The number of nitrogens with zero attached hydrogens (tertiary/aromatic N) is 2. The fraction of sp³-hybridized carbons (Fsp3) is 0.150. The van der Waals surface area contributed by atoms with Crippen LogP contribution in [0.25, 0.3) is 0 Å². The molecule has 2 N–H and O–H groups in total. The Morgan fingerprint density at radius 1 is 1.04 bits per heavy atom. The van der Waals surface area contributed by atoms with Crippen LogP contribution in [0.5, 0.6) is 0 Å². The molecule has 3 aromatic rings. The van der Waals surface area contributed by atoms with Gasteiger partial charge in [0.1, 0.15) is 5.82 Å². The zero-order chi connectivity index (χ0) is 19.2. The fourth-order valence-electron chi connectivity index (χ4n) is 2.58. The van der Waals surface area contributed by atoms with Gasteiger partial charge in [0.15, 0.2) is 5.69 Å². The van der Waals surface area contributed by atoms with Gasteiger partial charge in [0, 0.05) is 30.2 Å². The summed E-state index contributed by atoms with van der Waals surface area (Å²) >= 11 is 6.11. The Morgan fingerprint density at radius 2 is 1.74 bits per heavy atom. The van der Waals surface area contributed by atoms with Crippen LogP contribution in [-0.4, -0.2) is 28.1 Å². The molecule has 0 aliphatic heterocycles. The van der Waals surface area contributed by atoms with E-state index in [0.717, 1.165) is 5.56 Å². The van der Waals surface area contributed by atoms with Crippen LogP contribution in [0, 0.1) is 0 Å². The molecule has 0 aliphatic carbocycles. The first-order chi connectivity index (χ1) is 13.0. The van der Waals surface area contributed by atoms with Crippen molar-refractivity contribution in [2.75, 3.05) is 11.9 Å². The zero-order valence-corrected chi connectivity index (χ0v) is 15.5. The highest BCUT2D eigenvalue weighted by atomic mass is 35.5. The van der Waals surface area contributed by atoms with Crippen LogP contribution in [0.4, 0.5) is 5.82 Å². The van der Waals surface area contributed by atoms with Gasteiger partial charge in [0.05, 0.1) is 0 Å². The molecule has 7 heteroatoms. The van der Waals surface area contributed by atoms with Crippen LogP contribution in [-0.2, 0) is 13.5 Å². The highest BCUT2D eigenvalue weighted by Gasteiger charge is 2.15. The van der Waals surface area contributed by atoms with Crippen molar-refractivity contribution in [2.24, 2.45) is 7.05 Å². The van der Waals surface area contributed by atoms with Crippen LogP contribution in [0.3, 0.4) is 0 Å². The molecule has 0 unspecified atom stereocenters. The summed E-state index contributed by atoms with van der Waals surface area (Å²) in [5, 5.41) is 10.4. The van der Waals surface area contributed by atoms with Crippen molar-refractivity contribution in [2.45, 2.75) is 6.42 Å². The number of rotatable bonds is 6. The summed E-state index contributed by atoms with van der Waals surface area (Å²) in [5.41, 5.74) is 1.74. The first-order valence-electron chi connectivity index (χ1n) is 8.46. The molecule has 27 heavy (non-hydrogen) atoms. The summed E-state index contributed by atoms with van der Waals surface area (Å²) in [4.78, 5) is 24.5. The summed E-state index contributed by atoms with van der Waals surface area (Å²) < 4.78 is 1.46. The summed E-state index contributed by atoms with van der Waals surface area (Å²) in [7, 11) is 1.67. The normalized spacial score (nSPS) is 10.4. The lowest BCUT2D eigenvalue weighted by Crippen LogP contribution is -2.26. The highest BCUT2D eigenvalue weighted by molar-refractivity contribution is 6.31. The van der Waals surface area contributed by atoms with Gasteiger partial charge in [-0.05, 0) is 30.2 Å². The van der Waals surface area contributed by atoms with Crippen molar-refractivity contribution in [3.05, 3.63) is 82.5 Å². The maximum absolute atomic E-state index is 12.3. The number of carbonyl (C=O) groups is 2. The average Bonchev–Trinajstić information content (AvgIpc) is 3.04. The van der Waals surface area contributed by atoms with E-state index < -0.39 is 0 Å². The standard InChI is InChI=1S/C20H19ClN4O2/c1-25-18(23-19(26)15-8-3-2-4-9-15)13-17(24-25)20(27)22-12-11-14-7-5-6-10-16(14)21/h2-10,13H,11-12H2,1H3,(H,22,27)(H,23,26).